The van der Waals surface area contributed by atoms with Gasteiger partial charge in [-0.25, -0.2) is 13.2 Å². The average Bonchev–Trinajstić information content (AvgIpc) is 2.65. The van der Waals surface area contributed by atoms with Gasteiger partial charge in [-0.1, -0.05) is 45.9 Å². The van der Waals surface area contributed by atoms with E-state index in [9.17, 15) is 9.59 Å². The molecule has 0 fully saturated rings. The first kappa shape index (κ1) is 29.8. The fourth-order valence-electron chi connectivity index (χ4n) is 2.59. The van der Waals surface area contributed by atoms with Gasteiger partial charge >= 0.3 is 6.16 Å². The summed E-state index contributed by atoms with van der Waals surface area (Å²) in [6.07, 6.45) is 2.99. The van der Waals surface area contributed by atoms with Gasteiger partial charge in [-0.3, -0.25) is 4.79 Å². The third-order valence-electron chi connectivity index (χ3n) is 3.98. The van der Waals surface area contributed by atoms with E-state index in [1.807, 2.05) is 45.9 Å². The molecule has 0 unspecified atom stereocenters. The van der Waals surface area contributed by atoms with Crippen molar-refractivity contribution in [3.63, 3.8) is 0 Å². The van der Waals surface area contributed by atoms with Crippen molar-refractivity contribution in [2.24, 2.45) is 5.73 Å². The molecule has 1 aromatic carbocycles. The Bertz CT molecular complexity index is 990. The molecular formula is C21H29IN2O7S. The number of nitrogens with zero attached hydrogens (tertiary/aromatic N) is 1. The van der Waals surface area contributed by atoms with Crippen molar-refractivity contribution in [1.82, 2.24) is 0 Å². The lowest BCUT2D eigenvalue weighted by Crippen LogP contribution is -2.37. The summed E-state index contributed by atoms with van der Waals surface area (Å²) in [5, 5.41) is 0. The summed E-state index contributed by atoms with van der Waals surface area (Å²) in [4.78, 5) is 23.4. The Morgan fingerprint density at radius 1 is 1.06 bits per heavy atom. The van der Waals surface area contributed by atoms with Gasteiger partial charge in [0.1, 0.15) is 11.3 Å². The molecule has 0 aliphatic carbocycles. The highest BCUT2D eigenvalue weighted by Crippen LogP contribution is 2.34. The number of aromatic nitrogens is 1. The first-order chi connectivity index (χ1) is 14.3. The normalized spacial score (nSPS) is 10.6. The molecule has 0 saturated heterocycles. The van der Waals surface area contributed by atoms with E-state index in [1.54, 1.807) is 22.9 Å². The second kappa shape index (κ2) is 13.3. The number of hydrogen-bond donors (Lipinski definition) is 1. The Labute approximate surface area is 205 Å². The van der Waals surface area contributed by atoms with E-state index < -0.39 is 22.2 Å². The van der Waals surface area contributed by atoms with Crippen LogP contribution >= 0.6 is 24.0 Å². The lowest BCUT2D eigenvalue weighted by Gasteiger charge is -2.18. The van der Waals surface area contributed by atoms with Crippen LogP contribution in [0.25, 0.3) is 0 Å². The number of pyridine rings is 1. The third-order valence-corrected chi connectivity index (χ3v) is 3.98. The van der Waals surface area contributed by atoms with Gasteiger partial charge in [-0.05, 0) is 29.0 Å². The molecular weight excluding hydrogens is 551 g/mol. The van der Waals surface area contributed by atoms with Crippen LogP contribution in [0.15, 0.2) is 42.7 Å². The molecule has 1 aromatic heterocycles. The lowest BCUT2D eigenvalue weighted by molar-refractivity contribution is -0.727. The Morgan fingerprint density at radius 3 is 2.00 bits per heavy atom. The molecule has 178 valence electrons. The van der Waals surface area contributed by atoms with Crippen LogP contribution in [-0.2, 0) is 21.6 Å². The maximum absolute atomic E-state index is 12.2. The zero-order valence-corrected chi connectivity index (χ0v) is 21.7. The minimum absolute atomic E-state index is 0. The Hall–Kier alpha value is -2.25. The van der Waals surface area contributed by atoms with Crippen LogP contribution in [0.1, 0.15) is 61.0 Å². The van der Waals surface area contributed by atoms with E-state index in [0.717, 1.165) is 11.1 Å². The molecule has 1 amide bonds. The highest BCUT2D eigenvalue weighted by molar-refractivity contribution is 14.0. The van der Waals surface area contributed by atoms with Crippen LogP contribution in [0.3, 0.4) is 0 Å². The molecule has 9 nitrogen and oxygen atoms in total. The summed E-state index contributed by atoms with van der Waals surface area (Å²) in [6.45, 7) is 8.10. The molecule has 0 radical (unpaired) electrons. The number of primary amides is 1. The van der Waals surface area contributed by atoms with E-state index in [4.69, 9.17) is 28.2 Å². The number of halogens is 1. The molecule has 2 rings (SSSR count). The number of carbonyl (C=O) groups is 2. The minimum atomic E-state index is -3.92. The van der Waals surface area contributed by atoms with Crippen LogP contribution in [0.4, 0.5) is 4.79 Å². The first-order valence-corrected chi connectivity index (χ1v) is 11.3. The number of amides is 1. The summed E-state index contributed by atoms with van der Waals surface area (Å²) >= 11 is 0. The van der Waals surface area contributed by atoms with Gasteiger partial charge in [0.15, 0.2) is 12.4 Å². The SMILES string of the molecule is CC(C)c1cccc(C(C)C)c1OC(=O)OC[n+]1cccc(C(N)=O)c1.CS(=O)(=O)[O-].I. The molecule has 2 N–H and O–H groups in total. The van der Waals surface area contributed by atoms with Crippen molar-refractivity contribution in [2.75, 3.05) is 6.26 Å². The molecule has 2 aromatic rings. The fraction of sp³-hybridized carbons (Fsp3) is 0.381. The highest BCUT2D eigenvalue weighted by Gasteiger charge is 2.19. The zero-order valence-electron chi connectivity index (χ0n) is 18.6. The van der Waals surface area contributed by atoms with Crippen molar-refractivity contribution in [2.45, 2.75) is 46.3 Å². The van der Waals surface area contributed by atoms with Crippen LogP contribution in [0.5, 0.6) is 5.75 Å². The van der Waals surface area contributed by atoms with E-state index in [0.29, 0.717) is 17.6 Å². The van der Waals surface area contributed by atoms with E-state index in [1.165, 1.54) is 6.20 Å². The Kier molecular flexibility index (Phi) is 12.4. The molecule has 11 heteroatoms. The predicted molar refractivity (Wildman–Crippen MR) is 128 cm³/mol. The van der Waals surface area contributed by atoms with E-state index >= 15 is 0 Å². The summed E-state index contributed by atoms with van der Waals surface area (Å²) in [6, 6.07) is 9.10. The highest BCUT2D eigenvalue weighted by atomic mass is 127. The third kappa shape index (κ3) is 10.9. The maximum atomic E-state index is 12.2. The first-order valence-electron chi connectivity index (χ1n) is 9.46. The smallest absolute Gasteiger partial charge is 0.518 e. The number of benzene rings is 1. The molecule has 0 spiro atoms. The van der Waals surface area contributed by atoms with Crippen LogP contribution in [0, 0.1) is 0 Å². The van der Waals surface area contributed by atoms with Gasteiger partial charge in [0.05, 0.1) is 10.1 Å². The van der Waals surface area contributed by atoms with Crippen LogP contribution < -0.4 is 15.0 Å². The van der Waals surface area contributed by atoms with Crippen LogP contribution in [-0.4, -0.2) is 31.3 Å². The number of nitrogens with two attached hydrogens (primary N) is 1. The van der Waals surface area contributed by atoms with Crippen LogP contribution in [0.2, 0.25) is 0 Å². The van der Waals surface area contributed by atoms with Gasteiger partial charge in [-0.15, -0.1) is 24.0 Å². The molecule has 1 heterocycles. The average molecular weight is 580 g/mol. The Balaban J connectivity index is 0.00000144. The van der Waals surface area contributed by atoms with Gasteiger partial charge in [0, 0.05) is 12.3 Å². The molecule has 0 aliphatic rings. The predicted octanol–water partition coefficient (Wildman–Crippen LogP) is 3.27. The molecule has 0 atom stereocenters. The van der Waals surface area contributed by atoms with Gasteiger partial charge in [0.25, 0.3) is 12.6 Å². The van der Waals surface area contributed by atoms with Gasteiger partial charge < -0.3 is 19.8 Å². The molecule has 0 bridgehead atoms. The van der Waals surface area contributed by atoms with E-state index in [2.05, 4.69) is 0 Å². The zero-order chi connectivity index (χ0) is 23.8. The monoisotopic (exact) mass is 580 g/mol. The topological polar surface area (TPSA) is 140 Å². The maximum Gasteiger partial charge on any atom is 0.518 e. The summed E-state index contributed by atoms with van der Waals surface area (Å²) < 4.78 is 39.5. The van der Waals surface area contributed by atoms with Crippen molar-refractivity contribution >= 4 is 46.2 Å². The van der Waals surface area contributed by atoms with Crippen molar-refractivity contribution in [1.29, 1.82) is 0 Å². The second-order valence-corrected chi connectivity index (χ2v) is 8.78. The molecule has 32 heavy (non-hydrogen) atoms. The fourth-order valence-corrected chi connectivity index (χ4v) is 2.59. The van der Waals surface area contributed by atoms with E-state index in [-0.39, 0.29) is 42.5 Å². The summed E-state index contributed by atoms with van der Waals surface area (Å²) in [7, 11) is -3.92. The van der Waals surface area contributed by atoms with Gasteiger partial charge in [-0.2, -0.15) is 4.57 Å². The number of carbonyl (C=O) groups excluding carboxylic acids is 2. The summed E-state index contributed by atoms with van der Waals surface area (Å²) in [5.74, 6) is 0.420. The second-order valence-electron chi connectivity index (χ2n) is 7.38. The van der Waals surface area contributed by atoms with Gasteiger partial charge in [0.2, 0.25) is 0 Å². The van der Waals surface area contributed by atoms with Crippen molar-refractivity contribution < 1.29 is 36.6 Å². The lowest BCUT2D eigenvalue weighted by atomic mass is 9.94. The summed E-state index contributed by atoms with van der Waals surface area (Å²) in [5.41, 5.74) is 7.49. The molecule has 0 saturated carbocycles. The number of ether oxygens (including phenoxy) is 2. The number of hydrogen-bond acceptors (Lipinski definition) is 7. The Morgan fingerprint density at radius 2 is 1.56 bits per heavy atom. The largest absolute Gasteiger partial charge is 0.748 e. The quantitative estimate of drug-likeness (QED) is 0.182. The number of rotatable bonds is 6. The number of para-hydroxylation sites is 1. The molecule has 0 aliphatic heterocycles. The minimum Gasteiger partial charge on any atom is -0.748 e. The standard InChI is InChI=1S/C20H24N2O4.CH4O3S.HI/c1-13(2)16-8-5-9-17(14(3)4)18(16)26-20(24)25-12-22-10-6-7-15(11-22)19(21)23;1-5(2,3)4;/h5-11,13-14H,12H2,1-4H3,(H-,21,23);1H3,(H,2,3,4);1H. The van der Waals surface area contributed by atoms with Crippen molar-refractivity contribution in [3.8, 4) is 5.75 Å². The van der Waals surface area contributed by atoms with Crippen molar-refractivity contribution in [3.05, 3.63) is 59.4 Å².